The molecule has 1 aliphatic heterocycles. The summed E-state index contributed by atoms with van der Waals surface area (Å²) in [5, 5.41) is 5.52. The third-order valence-corrected chi connectivity index (χ3v) is 7.25. The van der Waals surface area contributed by atoms with Gasteiger partial charge in [-0.3, -0.25) is 9.58 Å². The Kier molecular flexibility index (Phi) is 9.67. The van der Waals surface area contributed by atoms with Crippen molar-refractivity contribution in [1.29, 1.82) is 0 Å². The van der Waals surface area contributed by atoms with Crippen LogP contribution >= 0.6 is 24.0 Å². The maximum Gasteiger partial charge on any atom is 0.107 e. The number of benzene rings is 1. The number of halogens is 2. The van der Waals surface area contributed by atoms with E-state index in [1.54, 1.807) is 0 Å². The molecule has 2 atom stereocenters. The van der Waals surface area contributed by atoms with Crippen LogP contribution in [0, 0.1) is 19.3 Å². The third-order valence-electron chi connectivity index (χ3n) is 7.00. The minimum atomic E-state index is 0. The van der Waals surface area contributed by atoms with Gasteiger partial charge in [-0.1, -0.05) is 29.7 Å². The van der Waals surface area contributed by atoms with Crippen LogP contribution in [0.25, 0.3) is 0 Å². The van der Waals surface area contributed by atoms with E-state index in [0.717, 1.165) is 18.0 Å². The van der Waals surface area contributed by atoms with Crippen molar-refractivity contribution in [3.05, 3.63) is 52.3 Å². The second-order valence-corrected chi connectivity index (χ2v) is 9.63. The van der Waals surface area contributed by atoms with Crippen molar-refractivity contribution in [3.63, 3.8) is 0 Å². The molecule has 0 bridgehead atoms. The van der Waals surface area contributed by atoms with E-state index in [2.05, 4.69) is 35.9 Å². The SMILES string of the molecule is C#CCOC[C@H]1CN(C2CCC(c3cc(C)n(C)n3)CC2)[C@@H](Cc2ccc(Cl)cc2)CO1.Cl. The fourth-order valence-corrected chi connectivity index (χ4v) is 5.26. The van der Waals surface area contributed by atoms with E-state index in [4.69, 9.17) is 32.6 Å². The highest BCUT2D eigenvalue weighted by molar-refractivity contribution is 6.30. The van der Waals surface area contributed by atoms with Gasteiger partial charge in [0, 0.05) is 42.3 Å². The van der Waals surface area contributed by atoms with Crippen molar-refractivity contribution in [2.45, 2.75) is 63.1 Å². The predicted octanol–water partition coefficient (Wildman–Crippen LogP) is 4.79. The van der Waals surface area contributed by atoms with Gasteiger partial charge >= 0.3 is 0 Å². The summed E-state index contributed by atoms with van der Waals surface area (Å²) >= 11 is 6.09. The van der Waals surface area contributed by atoms with Gasteiger partial charge in [0.15, 0.2) is 0 Å². The highest BCUT2D eigenvalue weighted by atomic mass is 35.5. The first-order chi connectivity index (χ1) is 15.5. The van der Waals surface area contributed by atoms with Gasteiger partial charge in [-0.25, -0.2) is 0 Å². The van der Waals surface area contributed by atoms with Crippen molar-refractivity contribution in [2.24, 2.45) is 7.05 Å². The Morgan fingerprint density at radius 2 is 1.94 bits per heavy atom. The maximum absolute atomic E-state index is 6.19. The van der Waals surface area contributed by atoms with Gasteiger partial charge in [-0.05, 0) is 62.8 Å². The summed E-state index contributed by atoms with van der Waals surface area (Å²) in [4.78, 5) is 2.68. The number of hydrogen-bond acceptors (Lipinski definition) is 4. The summed E-state index contributed by atoms with van der Waals surface area (Å²) in [5.41, 5.74) is 3.78. The van der Waals surface area contributed by atoms with Crippen molar-refractivity contribution in [1.82, 2.24) is 14.7 Å². The average Bonchev–Trinajstić information content (AvgIpc) is 3.15. The smallest absolute Gasteiger partial charge is 0.107 e. The Balaban J connectivity index is 0.00000306. The molecule has 0 N–H and O–H groups in total. The second-order valence-electron chi connectivity index (χ2n) is 9.20. The van der Waals surface area contributed by atoms with Crippen LogP contribution in [-0.2, 0) is 22.9 Å². The fraction of sp³-hybridized carbons (Fsp3) is 0.577. The molecule has 7 heteroatoms. The van der Waals surface area contributed by atoms with Crippen molar-refractivity contribution < 1.29 is 9.47 Å². The van der Waals surface area contributed by atoms with Crippen LogP contribution in [0.15, 0.2) is 30.3 Å². The Bertz CT molecular complexity index is 897. The number of aromatic nitrogens is 2. The Morgan fingerprint density at radius 1 is 1.21 bits per heavy atom. The lowest BCUT2D eigenvalue weighted by Crippen LogP contribution is -2.56. The Morgan fingerprint density at radius 3 is 2.58 bits per heavy atom. The summed E-state index contributed by atoms with van der Waals surface area (Å²) < 4.78 is 13.8. The zero-order valence-corrected chi connectivity index (χ0v) is 21.2. The lowest BCUT2D eigenvalue weighted by atomic mass is 9.82. The molecule has 2 aliphatic rings. The van der Waals surface area contributed by atoms with Crippen LogP contribution in [0.3, 0.4) is 0 Å². The van der Waals surface area contributed by atoms with Crippen LogP contribution in [0.5, 0.6) is 0 Å². The molecule has 2 aromatic rings. The van der Waals surface area contributed by atoms with Gasteiger partial charge in [0.2, 0.25) is 0 Å². The topological polar surface area (TPSA) is 39.5 Å². The molecule has 0 amide bonds. The predicted molar refractivity (Wildman–Crippen MR) is 135 cm³/mol. The summed E-state index contributed by atoms with van der Waals surface area (Å²) in [7, 11) is 2.03. The van der Waals surface area contributed by atoms with E-state index in [9.17, 15) is 0 Å². The first-order valence-electron chi connectivity index (χ1n) is 11.7. The van der Waals surface area contributed by atoms with E-state index in [1.807, 2.05) is 23.9 Å². The monoisotopic (exact) mass is 491 g/mol. The molecule has 2 heterocycles. The second kappa shape index (κ2) is 12.2. The molecule has 0 radical (unpaired) electrons. The third kappa shape index (κ3) is 6.74. The van der Waals surface area contributed by atoms with Crippen molar-refractivity contribution >= 4 is 24.0 Å². The van der Waals surface area contributed by atoms with E-state index in [0.29, 0.717) is 37.8 Å². The normalized spacial score (nSPS) is 25.9. The molecular weight excluding hydrogens is 457 g/mol. The first-order valence-corrected chi connectivity index (χ1v) is 12.0. The largest absolute Gasteiger partial charge is 0.373 e. The molecule has 0 unspecified atom stereocenters. The van der Waals surface area contributed by atoms with Crippen molar-refractivity contribution in [2.75, 3.05) is 26.4 Å². The van der Waals surface area contributed by atoms with Crippen LogP contribution in [0.1, 0.15) is 48.6 Å². The zero-order chi connectivity index (χ0) is 22.5. The molecule has 180 valence electrons. The number of rotatable bonds is 7. The molecular formula is C26H35Cl2N3O2. The molecule has 5 nitrogen and oxygen atoms in total. The lowest BCUT2D eigenvalue weighted by molar-refractivity contribution is -0.107. The molecule has 1 aliphatic carbocycles. The molecule has 4 rings (SSSR count). The molecule has 1 aromatic carbocycles. The quantitative estimate of drug-likeness (QED) is 0.412. The highest BCUT2D eigenvalue weighted by Crippen LogP contribution is 2.36. The average molecular weight is 492 g/mol. The standard InChI is InChI=1S/C26H34ClN3O2.ClH/c1-4-13-31-18-25-16-30(24(17-32-25)15-20-5-9-22(27)10-6-20)23-11-7-21(8-12-23)26-14-19(2)29(3)28-26;/h1,5-6,9-10,14,21,23-25H,7-8,11-13,15-18H2,2-3H3;1H/t21?,23?,24-,25+;/m0./s1. The Hall–Kier alpha value is -1.55. The zero-order valence-electron chi connectivity index (χ0n) is 19.6. The molecule has 1 saturated carbocycles. The summed E-state index contributed by atoms with van der Waals surface area (Å²) in [5.74, 6) is 3.11. The van der Waals surface area contributed by atoms with Gasteiger partial charge in [0.05, 0.1) is 25.0 Å². The van der Waals surface area contributed by atoms with Gasteiger partial charge in [0.1, 0.15) is 6.61 Å². The molecule has 33 heavy (non-hydrogen) atoms. The van der Waals surface area contributed by atoms with Crippen LogP contribution in [-0.4, -0.2) is 59.2 Å². The summed E-state index contributed by atoms with van der Waals surface area (Å²) in [6, 6.07) is 11.4. The number of terminal acetylenes is 1. The molecule has 1 saturated heterocycles. The van der Waals surface area contributed by atoms with Crippen LogP contribution in [0.4, 0.5) is 0 Å². The first kappa shape index (κ1) is 26.1. The maximum atomic E-state index is 6.19. The van der Waals surface area contributed by atoms with E-state index in [-0.39, 0.29) is 18.5 Å². The number of aryl methyl sites for hydroxylation is 2. The Labute approximate surface area is 209 Å². The molecule has 0 spiro atoms. The van der Waals surface area contributed by atoms with E-state index in [1.165, 1.54) is 42.6 Å². The minimum absolute atomic E-state index is 0. The number of ether oxygens (including phenoxy) is 2. The van der Waals surface area contributed by atoms with Crippen molar-refractivity contribution in [3.8, 4) is 12.3 Å². The number of nitrogens with zero attached hydrogens (tertiary/aromatic N) is 3. The summed E-state index contributed by atoms with van der Waals surface area (Å²) in [6.07, 6.45) is 11.1. The van der Waals surface area contributed by atoms with Gasteiger partial charge < -0.3 is 9.47 Å². The van der Waals surface area contributed by atoms with E-state index >= 15 is 0 Å². The van der Waals surface area contributed by atoms with Gasteiger partial charge in [-0.2, -0.15) is 5.10 Å². The molecule has 1 aromatic heterocycles. The van der Waals surface area contributed by atoms with E-state index < -0.39 is 0 Å². The fourth-order valence-electron chi connectivity index (χ4n) is 5.14. The van der Waals surface area contributed by atoms with Gasteiger partial charge in [0.25, 0.3) is 0 Å². The molecule has 2 fully saturated rings. The lowest BCUT2D eigenvalue weighted by Gasteiger charge is -2.46. The van der Waals surface area contributed by atoms with Crippen LogP contribution < -0.4 is 0 Å². The van der Waals surface area contributed by atoms with Gasteiger partial charge in [-0.15, -0.1) is 18.8 Å². The number of hydrogen-bond donors (Lipinski definition) is 0. The highest BCUT2D eigenvalue weighted by Gasteiger charge is 2.36. The number of morpholine rings is 1. The van der Waals surface area contributed by atoms with Crippen LogP contribution in [0.2, 0.25) is 5.02 Å². The minimum Gasteiger partial charge on any atom is -0.373 e. The summed E-state index contributed by atoms with van der Waals surface area (Å²) in [6.45, 7) is 4.62.